The smallest absolute Gasteiger partial charge is 0.339 e. The molecule has 2 aromatic carbocycles. The van der Waals surface area contributed by atoms with E-state index in [1.807, 2.05) is 18.2 Å². The molecule has 1 aromatic heterocycles. The van der Waals surface area contributed by atoms with Gasteiger partial charge in [0.15, 0.2) is 0 Å². The van der Waals surface area contributed by atoms with Crippen LogP contribution in [-0.2, 0) is 11.3 Å². The summed E-state index contributed by atoms with van der Waals surface area (Å²) in [5.41, 5.74) is 1.85. The zero-order chi connectivity index (χ0) is 19.9. The van der Waals surface area contributed by atoms with Gasteiger partial charge in [-0.15, -0.1) is 0 Å². The van der Waals surface area contributed by atoms with Gasteiger partial charge in [-0.3, -0.25) is 4.79 Å². The molecular formula is C20H17ClN4O3. The van der Waals surface area contributed by atoms with E-state index in [0.717, 1.165) is 5.56 Å². The van der Waals surface area contributed by atoms with Gasteiger partial charge in [0.25, 0.3) is 5.91 Å². The summed E-state index contributed by atoms with van der Waals surface area (Å²) in [7, 11) is 1.31. The number of benzene rings is 2. The standard InChI is InChI=1S/C20H17ClN4O3/c1-28-20(27)14-7-3-5-9-16(14)25-18-10-17(23-12-24-18)19(26)22-11-13-6-2-4-8-15(13)21/h2-10,12H,11H2,1H3,(H,22,26)(H,23,24,25). The molecule has 1 heterocycles. The number of para-hydroxylation sites is 1. The van der Waals surface area contributed by atoms with Crippen LogP contribution in [0.25, 0.3) is 0 Å². The first-order chi connectivity index (χ1) is 13.6. The van der Waals surface area contributed by atoms with Gasteiger partial charge in [0, 0.05) is 17.6 Å². The van der Waals surface area contributed by atoms with Gasteiger partial charge >= 0.3 is 5.97 Å². The van der Waals surface area contributed by atoms with Crippen LogP contribution in [0.1, 0.15) is 26.4 Å². The molecule has 3 rings (SSSR count). The Bertz CT molecular complexity index is 1010. The van der Waals surface area contributed by atoms with Crippen molar-refractivity contribution in [2.45, 2.75) is 6.54 Å². The SMILES string of the molecule is COC(=O)c1ccccc1Nc1cc(C(=O)NCc2ccccc2Cl)ncn1. The van der Waals surface area contributed by atoms with Crippen molar-refractivity contribution in [2.75, 3.05) is 12.4 Å². The van der Waals surface area contributed by atoms with Crippen molar-refractivity contribution >= 4 is 35.0 Å². The molecule has 3 aromatic rings. The van der Waals surface area contributed by atoms with Gasteiger partial charge in [0.05, 0.1) is 18.4 Å². The number of hydrogen-bond donors (Lipinski definition) is 2. The number of halogens is 1. The maximum atomic E-state index is 12.4. The second-order valence-electron chi connectivity index (χ2n) is 5.72. The summed E-state index contributed by atoms with van der Waals surface area (Å²) >= 11 is 6.10. The van der Waals surface area contributed by atoms with Crippen molar-refractivity contribution in [1.82, 2.24) is 15.3 Å². The number of esters is 1. The first-order valence-electron chi connectivity index (χ1n) is 8.36. The lowest BCUT2D eigenvalue weighted by Crippen LogP contribution is -2.24. The van der Waals surface area contributed by atoms with Gasteiger partial charge < -0.3 is 15.4 Å². The molecule has 2 N–H and O–H groups in total. The second kappa shape index (κ2) is 8.96. The predicted molar refractivity (Wildman–Crippen MR) is 106 cm³/mol. The van der Waals surface area contributed by atoms with Gasteiger partial charge in [-0.25, -0.2) is 14.8 Å². The number of rotatable bonds is 6. The van der Waals surface area contributed by atoms with Crippen LogP contribution < -0.4 is 10.6 Å². The monoisotopic (exact) mass is 396 g/mol. The number of hydrogen-bond acceptors (Lipinski definition) is 6. The van der Waals surface area contributed by atoms with Crippen molar-refractivity contribution < 1.29 is 14.3 Å². The molecule has 0 saturated heterocycles. The van der Waals surface area contributed by atoms with Gasteiger partial charge in [-0.2, -0.15) is 0 Å². The maximum absolute atomic E-state index is 12.4. The molecule has 0 saturated carbocycles. The van der Waals surface area contributed by atoms with E-state index >= 15 is 0 Å². The lowest BCUT2D eigenvalue weighted by molar-refractivity contribution is 0.0601. The summed E-state index contributed by atoms with van der Waals surface area (Å²) in [6.07, 6.45) is 1.27. The fourth-order valence-corrected chi connectivity index (χ4v) is 2.68. The molecule has 0 unspecified atom stereocenters. The molecule has 0 bridgehead atoms. The molecule has 142 valence electrons. The number of carbonyl (C=O) groups is 2. The molecule has 0 aliphatic carbocycles. The van der Waals surface area contributed by atoms with E-state index in [4.69, 9.17) is 16.3 Å². The average Bonchev–Trinajstić information content (AvgIpc) is 2.73. The zero-order valence-corrected chi connectivity index (χ0v) is 15.7. The molecule has 28 heavy (non-hydrogen) atoms. The highest BCUT2D eigenvalue weighted by Gasteiger charge is 2.13. The van der Waals surface area contributed by atoms with Crippen molar-refractivity contribution in [1.29, 1.82) is 0 Å². The van der Waals surface area contributed by atoms with E-state index in [-0.39, 0.29) is 18.1 Å². The predicted octanol–water partition coefficient (Wildman–Crippen LogP) is 3.59. The Hall–Kier alpha value is -3.45. The molecule has 1 amide bonds. The molecule has 0 spiro atoms. The van der Waals surface area contributed by atoms with Crippen molar-refractivity contribution in [2.24, 2.45) is 0 Å². The summed E-state index contributed by atoms with van der Waals surface area (Å²) in [6, 6.07) is 15.6. The highest BCUT2D eigenvalue weighted by molar-refractivity contribution is 6.31. The van der Waals surface area contributed by atoms with Crippen LogP contribution in [0.15, 0.2) is 60.9 Å². The highest BCUT2D eigenvalue weighted by atomic mass is 35.5. The van der Waals surface area contributed by atoms with Crippen molar-refractivity contribution in [3.8, 4) is 0 Å². The Kier molecular flexibility index (Phi) is 6.18. The van der Waals surface area contributed by atoms with Crippen LogP contribution in [0.3, 0.4) is 0 Å². The molecule has 0 fully saturated rings. The number of anilines is 2. The number of methoxy groups -OCH3 is 1. The van der Waals surface area contributed by atoms with Crippen LogP contribution in [-0.4, -0.2) is 29.0 Å². The summed E-state index contributed by atoms with van der Waals surface area (Å²) < 4.78 is 4.77. The maximum Gasteiger partial charge on any atom is 0.339 e. The topological polar surface area (TPSA) is 93.2 Å². The van der Waals surface area contributed by atoms with Crippen LogP contribution in [0, 0.1) is 0 Å². The molecule has 7 nitrogen and oxygen atoms in total. The van der Waals surface area contributed by atoms with Gasteiger partial charge in [-0.05, 0) is 23.8 Å². The van der Waals surface area contributed by atoms with E-state index in [9.17, 15) is 9.59 Å². The zero-order valence-electron chi connectivity index (χ0n) is 15.0. The third-order valence-electron chi connectivity index (χ3n) is 3.89. The first kappa shape index (κ1) is 19.3. The van der Waals surface area contributed by atoms with E-state index in [2.05, 4.69) is 20.6 Å². The summed E-state index contributed by atoms with van der Waals surface area (Å²) in [5.74, 6) is -0.476. The minimum absolute atomic E-state index is 0.181. The summed E-state index contributed by atoms with van der Waals surface area (Å²) in [6.45, 7) is 0.274. The highest BCUT2D eigenvalue weighted by Crippen LogP contribution is 2.20. The van der Waals surface area contributed by atoms with E-state index in [1.165, 1.54) is 19.5 Å². The molecule has 0 aliphatic rings. The number of aromatic nitrogens is 2. The molecule has 0 atom stereocenters. The van der Waals surface area contributed by atoms with E-state index in [0.29, 0.717) is 22.1 Å². The minimum atomic E-state index is -0.477. The third kappa shape index (κ3) is 4.63. The molecule has 8 heteroatoms. The Morgan fingerprint density at radius 2 is 1.82 bits per heavy atom. The Balaban J connectivity index is 1.73. The summed E-state index contributed by atoms with van der Waals surface area (Å²) in [5, 5.41) is 6.36. The number of amides is 1. The minimum Gasteiger partial charge on any atom is -0.465 e. The fraction of sp³-hybridized carbons (Fsp3) is 0.100. The van der Waals surface area contributed by atoms with Crippen LogP contribution in [0.5, 0.6) is 0 Å². The van der Waals surface area contributed by atoms with Crippen LogP contribution in [0.4, 0.5) is 11.5 Å². The molecular weight excluding hydrogens is 380 g/mol. The van der Waals surface area contributed by atoms with Gasteiger partial charge in [-0.1, -0.05) is 41.9 Å². The van der Waals surface area contributed by atoms with Crippen LogP contribution in [0.2, 0.25) is 5.02 Å². The second-order valence-corrected chi connectivity index (χ2v) is 6.13. The number of carbonyl (C=O) groups excluding carboxylic acids is 2. The van der Waals surface area contributed by atoms with Gasteiger partial charge in [0.1, 0.15) is 17.8 Å². The Morgan fingerprint density at radius 3 is 2.61 bits per heavy atom. The average molecular weight is 397 g/mol. The number of nitrogens with zero attached hydrogens (tertiary/aromatic N) is 2. The Morgan fingerprint density at radius 1 is 1.07 bits per heavy atom. The third-order valence-corrected chi connectivity index (χ3v) is 4.26. The quantitative estimate of drug-likeness (QED) is 0.618. The number of ether oxygens (including phenoxy) is 1. The lowest BCUT2D eigenvalue weighted by Gasteiger charge is -2.11. The first-order valence-corrected chi connectivity index (χ1v) is 8.74. The normalized spacial score (nSPS) is 10.2. The summed E-state index contributed by atoms with van der Waals surface area (Å²) in [4.78, 5) is 32.4. The lowest BCUT2D eigenvalue weighted by atomic mass is 10.2. The largest absolute Gasteiger partial charge is 0.465 e. The van der Waals surface area contributed by atoms with E-state index in [1.54, 1.807) is 30.3 Å². The van der Waals surface area contributed by atoms with Crippen molar-refractivity contribution in [3.63, 3.8) is 0 Å². The molecule has 0 aliphatic heterocycles. The number of nitrogens with one attached hydrogen (secondary N) is 2. The van der Waals surface area contributed by atoms with E-state index < -0.39 is 5.97 Å². The van der Waals surface area contributed by atoms with Crippen molar-refractivity contribution in [3.05, 3.63) is 82.8 Å². The fourth-order valence-electron chi connectivity index (χ4n) is 2.48. The Labute approximate surface area is 166 Å². The molecule has 0 radical (unpaired) electrons. The van der Waals surface area contributed by atoms with Gasteiger partial charge in [0.2, 0.25) is 0 Å². The van der Waals surface area contributed by atoms with Crippen LogP contribution >= 0.6 is 11.6 Å².